The number of fused-ring (bicyclic) bond motifs is 1. The van der Waals surface area contributed by atoms with Crippen molar-refractivity contribution in [1.82, 2.24) is 15.6 Å². The summed E-state index contributed by atoms with van der Waals surface area (Å²) in [5.74, 6) is -0.550. The Morgan fingerprint density at radius 3 is 2.67 bits per heavy atom. The van der Waals surface area contributed by atoms with Gasteiger partial charge in [0.05, 0.1) is 5.69 Å². The van der Waals surface area contributed by atoms with Crippen molar-refractivity contribution in [3.05, 3.63) is 53.4 Å². The predicted octanol–water partition coefficient (Wildman–Crippen LogP) is 4.91. The first-order chi connectivity index (χ1) is 17.2. The van der Waals surface area contributed by atoms with Crippen LogP contribution < -0.4 is 20.3 Å². The van der Waals surface area contributed by atoms with Gasteiger partial charge in [-0.2, -0.15) is 13.2 Å². The van der Waals surface area contributed by atoms with Gasteiger partial charge in [-0.15, -0.1) is 0 Å². The number of amides is 1. The van der Waals surface area contributed by atoms with Gasteiger partial charge in [-0.25, -0.2) is 4.98 Å². The number of hydrogen-bond acceptors (Lipinski definition) is 6. The molecular formula is C26H30F3N5O2. The highest BCUT2D eigenvalue weighted by Crippen LogP contribution is 2.44. The number of alkyl halides is 3. The fraction of sp³-hybridized carbons (Fsp3) is 0.423. The molecule has 2 aliphatic heterocycles. The molecule has 1 atom stereocenters. The molecule has 1 unspecified atom stereocenters. The summed E-state index contributed by atoms with van der Waals surface area (Å²) in [6.45, 7) is 5.17. The van der Waals surface area contributed by atoms with Gasteiger partial charge in [-0.3, -0.25) is 4.79 Å². The topological polar surface area (TPSA) is 90.3 Å². The van der Waals surface area contributed by atoms with Crippen molar-refractivity contribution >= 4 is 23.4 Å². The number of rotatable bonds is 6. The smallest absolute Gasteiger partial charge is 0.421 e. The van der Waals surface area contributed by atoms with Crippen molar-refractivity contribution in [3.63, 3.8) is 0 Å². The van der Waals surface area contributed by atoms with E-state index in [4.69, 9.17) is 10.1 Å². The highest BCUT2D eigenvalue weighted by Gasteiger charge is 2.36. The third kappa shape index (κ3) is 5.38. The minimum Gasteiger partial charge on any atom is -0.437 e. The Labute approximate surface area is 208 Å². The summed E-state index contributed by atoms with van der Waals surface area (Å²) in [7, 11) is 0. The van der Waals surface area contributed by atoms with E-state index in [0.29, 0.717) is 35.2 Å². The lowest BCUT2D eigenvalue weighted by Crippen LogP contribution is -2.40. The van der Waals surface area contributed by atoms with Crippen molar-refractivity contribution < 1.29 is 22.7 Å². The van der Waals surface area contributed by atoms with Gasteiger partial charge in [-0.1, -0.05) is 0 Å². The number of piperidine rings is 1. The van der Waals surface area contributed by atoms with Crippen LogP contribution in [0.2, 0.25) is 0 Å². The fourth-order valence-electron chi connectivity index (χ4n) is 4.81. The average Bonchev–Trinajstić information content (AvgIpc) is 2.85. The molecular weight excluding hydrogens is 471 g/mol. The number of carbonyl (C=O) groups excluding carboxylic acids is 1. The molecule has 0 radical (unpaired) electrons. The van der Waals surface area contributed by atoms with Gasteiger partial charge < -0.3 is 25.7 Å². The predicted molar refractivity (Wildman–Crippen MR) is 132 cm³/mol. The number of anilines is 1. The van der Waals surface area contributed by atoms with Crippen LogP contribution in [0.3, 0.4) is 0 Å². The maximum absolute atomic E-state index is 13.7. The number of allylic oxidation sites excluding steroid dienone is 1. The molecule has 0 bridgehead atoms. The Morgan fingerprint density at radius 1 is 1.25 bits per heavy atom. The molecule has 3 N–H and O–H groups in total. The second kappa shape index (κ2) is 10.7. The second-order valence-electron chi connectivity index (χ2n) is 9.11. The van der Waals surface area contributed by atoms with Crippen LogP contribution in [0.15, 0.2) is 36.7 Å². The van der Waals surface area contributed by atoms with Crippen molar-refractivity contribution in [1.29, 1.82) is 5.41 Å². The van der Waals surface area contributed by atoms with Crippen molar-refractivity contribution in [2.75, 3.05) is 18.0 Å². The maximum atomic E-state index is 13.7. The quantitative estimate of drug-likeness (QED) is 0.490. The molecule has 192 valence electrons. The molecule has 0 saturated carbocycles. The van der Waals surface area contributed by atoms with E-state index in [2.05, 4.69) is 15.6 Å². The number of halogens is 3. The average molecular weight is 502 g/mol. The van der Waals surface area contributed by atoms with E-state index in [1.807, 2.05) is 6.92 Å². The second-order valence-corrected chi connectivity index (χ2v) is 9.11. The SMILES string of the molecule is CC(=O)N1c2ccc(/C(C=N)=C/NC3CCNCC3)c(Oc3ncccc3C(F)(F)F)c2CCC1C. The molecule has 1 aromatic heterocycles. The van der Waals surface area contributed by atoms with Crippen molar-refractivity contribution in [2.45, 2.75) is 57.8 Å². The maximum Gasteiger partial charge on any atom is 0.421 e. The first-order valence-corrected chi connectivity index (χ1v) is 12.0. The third-order valence-corrected chi connectivity index (χ3v) is 6.64. The molecule has 10 heteroatoms. The number of hydrogen-bond donors (Lipinski definition) is 3. The van der Waals surface area contributed by atoms with Gasteiger partial charge >= 0.3 is 6.18 Å². The van der Waals surface area contributed by atoms with Gasteiger partial charge in [0, 0.05) is 54.3 Å². The highest BCUT2D eigenvalue weighted by molar-refractivity contribution is 6.10. The monoisotopic (exact) mass is 501 g/mol. The van der Waals surface area contributed by atoms with E-state index in [0.717, 1.165) is 38.2 Å². The van der Waals surface area contributed by atoms with Gasteiger partial charge in [-0.05, 0) is 70.0 Å². The molecule has 36 heavy (non-hydrogen) atoms. The van der Waals surface area contributed by atoms with Crippen LogP contribution in [0.4, 0.5) is 18.9 Å². The lowest BCUT2D eigenvalue weighted by Gasteiger charge is -2.36. The number of ether oxygens (including phenoxy) is 1. The van der Waals surface area contributed by atoms with E-state index in [9.17, 15) is 18.0 Å². The fourth-order valence-corrected chi connectivity index (χ4v) is 4.81. The van der Waals surface area contributed by atoms with Crippen LogP contribution in [0.25, 0.3) is 5.57 Å². The minimum absolute atomic E-state index is 0.0615. The zero-order valence-electron chi connectivity index (χ0n) is 20.3. The molecule has 0 aliphatic carbocycles. The highest BCUT2D eigenvalue weighted by atomic mass is 19.4. The summed E-state index contributed by atoms with van der Waals surface area (Å²) < 4.78 is 47.1. The molecule has 1 saturated heterocycles. The molecule has 2 aliphatic rings. The van der Waals surface area contributed by atoms with Gasteiger partial charge in [0.15, 0.2) is 0 Å². The summed E-state index contributed by atoms with van der Waals surface area (Å²) in [6.07, 6.45) is 2.43. The van der Waals surface area contributed by atoms with Gasteiger partial charge in [0.25, 0.3) is 0 Å². The number of benzene rings is 1. The van der Waals surface area contributed by atoms with Crippen molar-refractivity contribution in [2.24, 2.45) is 0 Å². The van der Waals surface area contributed by atoms with Crippen molar-refractivity contribution in [3.8, 4) is 11.6 Å². The standard InChI is InChI=1S/C26H30F3N5O2/c1-16-5-6-21-23(34(16)17(2)35)8-7-20(18(14-30)15-33-19-9-12-31-13-10-19)24(21)36-25-22(26(27,28)29)4-3-11-32-25/h3-4,7-8,11,14-16,19,30-31,33H,5-6,9-10,12-13H2,1-2H3/b18-15+,30-14?. The van der Waals surface area contributed by atoms with Crippen LogP contribution in [-0.4, -0.2) is 42.3 Å². The molecule has 2 aromatic rings. The molecule has 4 rings (SSSR count). The lowest BCUT2D eigenvalue weighted by molar-refractivity contribution is -0.138. The first kappa shape index (κ1) is 25.7. The van der Waals surface area contributed by atoms with Gasteiger partial charge in [0.1, 0.15) is 11.3 Å². The number of carbonyl (C=O) groups is 1. The van der Waals surface area contributed by atoms with Crippen LogP contribution in [0.1, 0.15) is 49.8 Å². The number of nitrogens with one attached hydrogen (secondary N) is 3. The summed E-state index contributed by atoms with van der Waals surface area (Å²) in [5.41, 5.74) is 1.15. The van der Waals surface area contributed by atoms with E-state index < -0.39 is 17.6 Å². The first-order valence-electron chi connectivity index (χ1n) is 12.0. The molecule has 1 amide bonds. The third-order valence-electron chi connectivity index (χ3n) is 6.64. The molecule has 1 fully saturated rings. The Hall–Kier alpha value is -3.40. The molecule has 3 heterocycles. The normalized spacial score (nSPS) is 19.0. The summed E-state index contributed by atoms with van der Waals surface area (Å²) in [4.78, 5) is 18.0. The summed E-state index contributed by atoms with van der Waals surface area (Å²) in [5, 5.41) is 14.7. The largest absolute Gasteiger partial charge is 0.437 e. The molecule has 7 nitrogen and oxygen atoms in total. The van der Waals surface area contributed by atoms with E-state index in [1.54, 1.807) is 23.2 Å². The van der Waals surface area contributed by atoms with Crippen LogP contribution >= 0.6 is 0 Å². The molecule has 1 aromatic carbocycles. The summed E-state index contributed by atoms with van der Waals surface area (Å²) >= 11 is 0. The zero-order valence-corrected chi connectivity index (χ0v) is 20.3. The van der Waals surface area contributed by atoms with E-state index in [1.165, 1.54) is 19.2 Å². The van der Waals surface area contributed by atoms with Gasteiger partial charge in [0.2, 0.25) is 11.8 Å². The number of pyridine rings is 1. The molecule has 0 spiro atoms. The zero-order chi connectivity index (χ0) is 25.9. The van der Waals surface area contributed by atoms with Crippen LogP contribution in [0.5, 0.6) is 11.6 Å². The Balaban J connectivity index is 1.83. The minimum atomic E-state index is -4.66. The lowest BCUT2D eigenvalue weighted by atomic mass is 9.91. The summed E-state index contributed by atoms with van der Waals surface area (Å²) in [6, 6.07) is 5.77. The Morgan fingerprint density at radius 2 is 2.00 bits per heavy atom. The van der Waals surface area contributed by atoms with E-state index >= 15 is 0 Å². The Bertz CT molecular complexity index is 1160. The van der Waals surface area contributed by atoms with E-state index in [-0.39, 0.29) is 23.7 Å². The van der Waals surface area contributed by atoms with Crippen LogP contribution in [-0.2, 0) is 17.4 Å². The Kier molecular flexibility index (Phi) is 7.63. The van der Waals surface area contributed by atoms with Crippen LogP contribution in [0, 0.1) is 5.41 Å². The number of aromatic nitrogens is 1. The number of nitrogens with zero attached hydrogens (tertiary/aromatic N) is 2.